The van der Waals surface area contributed by atoms with Crippen LogP contribution in [0, 0.1) is 20.8 Å². The van der Waals surface area contributed by atoms with Crippen molar-refractivity contribution in [1.82, 2.24) is 19.2 Å². The standard InChI is InChI=1S/C24H26N6O2/c1-15-12-16(2)21(17(3)13-15)26-20(31)14-29-24(32)30-19-9-5-4-8-18(19)25-22(23(30)27-29)28-10-6-7-11-28/h4-5,8-9,12-13H,6-7,10-11,14H2,1-3H3,(H,26,31). The summed E-state index contributed by atoms with van der Waals surface area (Å²) in [6, 6.07) is 11.6. The van der Waals surface area contributed by atoms with Crippen molar-refractivity contribution in [2.75, 3.05) is 23.3 Å². The fourth-order valence-electron chi connectivity index (χ4n) is 4.62. The van der Waals surface area contributed by atoms with Gasteiger partial charge >= 0.3 is 5.69 Å². The second-order valence-electron chi connectivity index (χ2n) is 8.54. The lowest BCUT2D eigenvalue weighted by Gasteiger charge is -2.17. The minimum absolute atomic E-state index is 0.166. The van der Waals surface area contributed by atoms with Gasteiger partial charge in [-0.05, 0) is 56.9 Å². The highest BCUT2D eigenvalue weighted by Crippen LogP contribution is 2.25. The molecule has 1 aliphatic rings. The molecule has 1 amide bonds. The van der Waals surface area contributed by atoms with Gasteiger partial charge in [0.05, 0.1) is 11.0 Å². The van der Waals surface area contributed by atoms with Gasteiger partial charge in [0, 0.05) is 18.8 Å². The quantitative estimate of drug-likeness (QED) is 0.537. The molecule has 3 heterocycles. The molecule has 1 fully saturated rings. The van der Waals surface area contributed by atoms with Crippen LogP contribution in [0.1, 0.15) is 29.5 Å². The maximum atomic E-state index is 13.3. The first kappa shape index (κ1) is 20.2. The fraction of sp³-hybridized carbons (Fsp3) is 0.333. The maximum absolute atomic E-state index is 13.3. The summed E-state index contributed by atoms with van der Waals surface area (Å²) < 4.78 is 2.81. The summed E-state index contributed by atoms with van der Waals surface area (Å²) in [5, 5.41) is 7.51. The van der Waals surface area contributed by atoms with Crippen LogP contribution in [-0.4, -0.2) is 38.2 Å². The van der Waals surface area contributed by atoms with E-state index in [1.807, 2.05) is 57.2 Å². The molecule has 4 aromatic rings. The minimum atomic E-state index is -0.341. The fourth-order valence-corrected chi connectivity index (χ4v) is 4.62. The maximum Gasteiger partial charge on any atom is 0.351 e. The van der Waals surface area contributed by atoms with Gasteiger partial charge < -0.3 is 10.2 Å². The Labute approximate surface area is 185 Å². The van der Waals surface area contributed by atoms with Gasteiger partial charge in [0.1, 0.15) is 6.54 Å². The number of aryl methyl sites for hydroxylation is 3. The largest absolute Gasteiger partial charge is 0.353 e. The first-order valence-electron chi connectivity index (χ1n) is 10.9. The van der Waals surface area contributed by atoms with Crippen molar-refractivity contribution in [2.24, 2.45) is 0 Å². The number of carbonyl (C=O) groups excluding carboxylic acids is 1. The minimum Gasteiger partial charge on any atom is -0.353 e. The predicted molar refractivity (Wildman–Crippen MR) is 125 cm³/mol. The number of fused-ring (bicyclic) bond motifs is 3. The molecule has 8 heteroatoms. The summed E-state index contributed by atoms with van der Waals surface area (Å²) in [5.74, 6) is 0.410. The van der Waals surface area contributed by atoms with Gasteiger partial charge in [-0.25, -0.2) is 18.9 Å². The Bertz CT molecular complexity index is 1390. The molecule has 164 valence electrons. The van der Waals surface area contributed by atoms with Crippen molar-refractivity contribution in [3.63, 3.8) is 0 Å². The van der Waals surface area contributed by atoms with Crippen molar-refractivity contribution >= 4 is 34.1 Å². The second-order valence-corrected chi connectivity index (χ2v) is 8.54. The summed E-state index contributed by atoms with van der Waals surface area (Å²) in [5.41, 5.74) is 5.48. The molecule has 2 aromatic heterocycles. The van der Waals surface area contributed by atoms with Crippen LogP contribution in [-0.2, 0) is 11.3 Å². The third kappa shape index (κ3) is 3.41. The Morgan fingerprint density at radius 3 is 2.47 bits per heavy atom. The number of para-hydroxylation sites is 2. The summed E-state index contributed by atoms with van der Waals surface area (Å²) in [4.78, 5) is 33.1. The number of benzene rings is 2. The average Bonchev–Trinajstić information content (AvgIpc) is 3.39. The van der Waals surface area contributed by atoms with Crippen molar-refractivity contribution < 1.29 is 4.79 Å². The number of nitrogens with zero attached hydrogens (tertiary/aromatic N) is 5. The van der Waals surface area contributed by atoms with Crippen molar-refractivity contribution in [2.45, 2.75) is 40.2 Å². The number of hydrogen-bond acceptors (Lipinski definition) is 5. The van der Waals surface area contributed by atoms with E-state index in [4.69, 9.17) is 4.98 Å². The highest BCUT2D eigenvalue weighted by atomic mass is 16.2. The van der Waals surface area contributed by atoms with E-state index < -0.39 is 0 Å². The van der Waals surface area contributed by atoms with E-state index in [1.54, 1.807) is 4.40 Å². The molecule has 1 N–H and O–H groups in total. The van der Waals surface area contributed by atoms with E-state index in [0.717, 1.165) is 53.8 Å². The van der Waals surface area contributed by atoms with E-state index in [2.05, 4.69) is 15.3 Å². The highest BCUT2D eigenvalue weighted by Gasteiger charge is 2.23. The van der Waals surface area contributed by atoms with Crippen LogP contribution in [0.3, 0.4) is 0 Å². The van der Waals surface area contributed by atoms with Gasteiger partial charge in [0.15, 0.2) is 5.82 Å². The molecule has 0 unspecified atom stereocenters. The van der Waals surface area contributed by atoms with Gasteiger partial charge in [0.25, 0.3) is 0 Å². The van der Waals surface area contributed by atoms with Crippen LogP contribution in [0.4, 0.5) is 11.5 Å². The third-order valence-electron chi connectivity index (χ3n) is 6.03. The topological polar surface area (TPSA) is 84.5 Å². The number of carbonyl (C=O) groups is 1. The average molecular weight is 431 g/mol. The van der Waals surface area contributed by atoms with Crippen molar-refractivity contribution in [3.8, 4) is 0 Å². The van der Waals surface area contributed by atoms with Crippen LogP contribution in [0.2, 0.25) is 0 Å². The lowest BCUT2D eigenvalue weighted by molar-refractivity contribution is -0.117. The monoisotopic (exact) mass is 430 g/mol. The first-order valence-corrected chi connectivity index (χ1v) is 10.9. The first-order chi connectivity index (χ1) is 15.4. The van der Waals surface area contributed by atoms with Gasteiger partial charge in [-0.15, -0.1) is 5.10 Å². The van der Waals surface area contributed by atoms with E-state index in [-0.39, 0.29) is 18.1 Å². The molecule has 0 radical (unpaired) electrons. The summed E-state index contributed by atoms with van der Waals surface area (Å²) in [6.07, 6.45) is 2.17. The zero-order valence-electron chi connectivity index (χ0n) is 18.6. The molecule has 32 heavy (non-hydrogen) atoms. The van der Waals surface area contributed by atoms with Gasteiger partial charge in [0.2, 0.25) is 11.6 Å². The highest BCUT2D eigenvalue weighted by molar-refractivity contribution is 5.92. The van der Waals surface area contributed by atoms with Gasteiger partial charge in [-0.2, -0.15) is 0 Å². The number of hydrogen-bond donors (Lipinski definition) is 1. The van der Waals surface area contributed by atoms with Crippen LogP contribution in [0.15, 0.2) is 41.2 Å². The number of rotatable bonds is 4. The number of amides is 1. The lowest BCUT2D eigenvalue weighted by atomic mass is 10.1. The lowest BCUT2D eigenvalue weighted by Crippen LogP contribution is -2.28. The van der Waals surface area contributed by atoms with Crippen molar-refractivity contribution in [3.05, 3.63) is 63.6 Å². The predicted octanol–water partition coefficient (Wildman–Crippen LogP) is 3.21. The molecular weight excluding hydrogens is 404 g/mol. The summed E-state index contributed by atoms with van der Waals surface area (Å²) >= 11 is 0. The number of aromatic nitrogens is 4. The van der Waals surface area contributed by atoms with E-state index in [0.29, 0.717) is 17.0 Å². The second kappa shape index (κ2) is 7.78. The molecule has 1 aliphatic heterocycles. The Balaban J connectivity index is 1.56. The van der Waals surface area contributed by atoms with Gasteiger partial charge in [-0.3, -0.25) is 4.79 Å². The molecule has 5 rings (SSSR count). The third-order valence-corrected chi connectivity index (χ3v) is 6.03. The Morgan fingerprint density at radius 1 is 1.06 bits per heavy atom. The summed E-state index contributed by atoms with van der Waals surface area (Å²) in [6.45, 7) is 7.56. The van der Waals surface area contributed by atoms with Gasteiger partial charge in [-0.1, -0.05) is 29.8 Å². The van der Waals surface area contributed by atoms with Crippen LogP contribution in [0.5, 0.6) is 0 Å². The zero-order valence-corrected chi connectivity index (χ0v) is 18.6. The Hall–Kier alpha value is -3.68. The SMILES string of the molecule is Cc1cc(C)c(NC(=O)Cn2nc3c(N4CCCC4)nc4ccccc4n3c2=O)c(C)c1. The molecule has 0 spiro atoms. The Morgan fingerprint density at radius 2 is 1.75 bits per heavy atom. The molecule has 0 bridgehead atoms. The van der Waals surface area contributed by atoms with E-state index >= 15 is 0 Å². The zero-order chi connectivity index (χ0) is 22.4. The Kier molecular flexibility index (Phi) is 4.92. The molecule has 0 atom stereocenters. The van der Waals surface area contributed by atoms with E-state index in [1.165, 1.54) is 4.68 Å². The molecule has 0 saturated carbocycles. The molecule has 8 nitrogen and oxygen atoms in total. The summed E-state index contributed by atoms with van der Waals surface area (Å²) in [7, 11) is 0. The number of nitrogens with one attached hydrogen (secondary N) is 1. The normalized spacial score (nSPS) is 13.9. The van der Waals surface area contributed by atoms with E-state index in [9.17, 15) is 9.59 Å². The van der Waals surface area contributed by atoms with Crippen molar-refractivity contribution in [1.29, 1.82) is 0 Å². The van der Waals surface area contributed by atoms with Crippen LogP contribution < -0.4 is 15.9 Å². The smallest absolute Gasteiger partial charge is 0.351 e. The van der Waals surface area contributed by atoms with Crippen LogP contribution >= 0.6 is 0 Å². The molecule has 0 aliphatic carbocycles. The molecule has 2 aromatic carbocycles. The molecule has 1 saturated heterocycles. The number of anilines is 2. The molecular formula is C24H26N6O2. The van der Waals surface area contributed by atoms with Crippen LogP contribution in [0.25, 0.3) is 16.7 Å².